The monoisotopic (exact) mass is 245 g/mol. The Hall–Kier alpha value is -1.22. The fourth-order valence-corrected chi connectivity index (χ4v) is 3.93. The molecule has 1 aromatic rings. The van der Waals surface area contributed by atoms with Crippen LogP contribution in [0.2, 0.25) is 0 Å². The molecule has 1 aromatic carbocycles. The molecule has 0 aromatic heterocycles. The number of thioether (sulfide) groups is 1. The highest BCUT2D eigenvalue weighted by Gasteiger charge is 2.44. The van der Waals surface area contributed by atoms with E-state index in [-0.39, 0.29) is 11.9 Å². The first-order valence-electron chi connectivity index (χ1n) is 5.90. The fourth-order valence-electron chi connectivity index (χ4n) is 2.72. The third-order valence-corrected chi connectivity index (χ3v) is 4.75. The van der Waals surface area contributed by atoms with Crippen molar-refractivity contribution in [1.82, 2.24) is 4.90 Å². The maximum Gasteiger partial charge on any atom is 0.223 e. The predicted molar refractivity (Wildman–Crippen MR) is 70.5 cm³/mol. The van der Waals surface area contributed by atoms with Crippen molar-refractivity contribution >= 4 is 17.7 Å². The molecule has 3 rings (SSSR count). The van der Waals surface area contributed by atoms with Crippen molar-refractivity contribution in [2.75, 3.05) is 5.75 Å². The fraction of sp³-hybridized carbons (Fsp3) is 0.357. The summed E-state index contributed by atoms with van der Waals surface area (Å²) in [4.78, 5) is 15.2. The van der Waals surface area contributed by atoms with Gasteiger partial charge in [0.2, 0.25) is 5.91 Å². The highest BCUT2D eigenvalue weighted by molar-refractivity contribution is 8.03. The number of nitrogens with zero attached hydrogens (tertiary/aromatic N) is 1. The molecule has 17 heavy (non-hydrogen) atoms. The molecule has 88 valence electrons. The van der Waals surface area contributed by atoms with Gasteiger partial charge >= 0.3 is 0 Å². The van der Waals surface area contributed by atoms with Crippen molar-refractivity contribution in [3.05, 3.63) is 47.4 Å². The van der Waals surface area contributed by atoms with Crippen molar-refractivity contribution in [3.8, 4) is 0 Å². The molecule has 2 aliphatic heterocycles. The molecule has 2 atom stereocenters. The second-order valence-electron chi connectivity index (χ2n) is 4.69. The molecular formula is C14H15NOS. The zero-order chi connectivity index (χ0) is 11.8. The van der Waals surface area contributed by atoms with Crippen molar-refractivity contribution < 1.29 is 4.79 Å². The van der Waals surface area contributed by atoms with E-state index in [0.29, 0.717) is 12.3 Å². The van der Waals surface area contributed by atoms with Gasteiger partial charge in [0.1, 0.15) is 0 Å². The third kappa shape index (κ3) is 1.89. The van der Waals surface area contributed by atoms with E-state index in [1.807, 2.05) is 34.9 Å². The maximum absolute atomic E-state index is 12.0. The van der Waals surface area contributed by atoms with Crippen LogP contribution < -0.4 is 0 Å². The summed E-state index contributed by atoms with van der Waals surface area (Å²) in [5.41, 5.74) is 1.20. The first kappa shape index (κ1) is 10.9. The summed E-state index contributed by atoms with van der Waals surface area (Å²) in [5.74, 6) is 1.83. The van der Waals surface area contributed by atoms with Gasteiger partial charge in [0.25, 0.3) is 0 Å². The number of carbonyl (C=O) groups excluding carboxylic acids is 1. The predicted octanol–water partition coefficient (Wildman–Crippen LogP) is 2.66. The van der Waals surface area contributed by atoms with E-state index >= 15 is 0 Å². The standard InChI is InChI=1S/C14H15NOS/c1-10-14-12(9-17-10)7-13(16)15(14)8-11-5-3-2-4-6-11/h2-6,12,14H,1,7-9H2/t12-,14+/m0/s1. The molecule has 2 fully saturated rings. The molecule has 0 radical (unpaired) electrons. The summed E-state index contributed by atoms with van der Waals surface area (Å²) in [6.07, 6.45) is 0.698. The van der Waals surface area contributed by atoms with Crippen LogP contribution in [0.25, 0.3) is 0 Å². The minimum Gasteiger partial charge on any atom is -0.330 e. The molecule has 0 saturated carbocycles. The lowest BCUT2D eigenvalue weighted by molar-refractivity contribution is -0.129. The smallest absolute Gasteiger partial charge is 0.223 e. The van der Waals surface area contributed by atoms with Gasteiger partial charge in [-0.25, -0.2) is 0 Å². The van der Waals surface area contributed by atoms with Crippen molar-refractivity contribution in [1.29, 1.82) is 0 Å². The van der Waals surface area contributed by atoms with Gasteiger partial charge < -0.3 is 4.90 Å². The second kappa shape index (κ2) is 4.22. The van der Waals surface area contributed by atoms with Crippen LogP contribution in [0.5, 0.6) is 0 Å². The van der Waals surface area contributed by atoms with Crippen LogP contribution in [0.3, 0.4) is 0 Å². The summed E-state index contributed by atoms with van der Waals surface area (Å²) in [7, 11) is 0. The molecule has 0 unspecified atom stereocenters. The van der Waals surface area contributed by atoms with Crippen LogP contribution in [-0.4, -0.2) is 22.6 Å². The lowest BCUT2D eigenvalue weighted by Crippen LogP contribution is -2.33. The van der Waals surface area contributed by atoms with Crippen LogP contribution in [0.1, 0.15) is 12.0 Å². The zero-order valence-electron chi connectivity index (χ0n) is 9.63. The van der Waals surface area contributed by atoms with Gasteiger partial charge in [0.15, 0.2) is 0 Å². The van der Waals surface area contributed by atoms with Crippen LogP contribution >= 0.6 is 11.8 Å². The Bertz CT molecular complexity index is 457. The van der Waals surface area contributed by atoms with Crippen LogP contribution in [-0.2, 0) is 11.3 Å². The number of hydrogen-bond acceptors (Lipinski definition) is 2. The average Bonchev–Trinajstić information content (AvgIpc) is 2.83. The minimum atomic E-state index is 0.271. The SMILES string of the molecule is C=C1SC[C@@H]2CC(=O)N(Cc3ccccc3)[C@H]12. The molecule has 2 nitrogen and oxygen atoms in total. The highest BCUT2D eigenvalue weighted by Crippen LogP contribution is 2.44. The maximum atomic E-state index is 12.0. The number of carbonyl (C=O) groups is 1. The van der Waals surface area contributed by atoms with E-state index in [9.17, 15) is 4.79 Å². The van der Waals surface area contributed by atoms with Crippen LogP contribution in [0, 0.1) is 5.92 Å². The lowest BCUT2D eigenvalue weighted by Gasteiger charge is -2.24. The Labute approximate surface area is 106 Å². The molecule has 0 spiro atoms. The number of rotatable bonds is 2. The van der Waals surface area contributed by atoms with Gasteiger partial charge in [0, 0.05) is 29.5 Å². The van der Waals surface area contributed by atoms with Crippen molar-refractivity contribution in [3.63, 3.8) is 0 Å². The summed E-state index contributed by atoms with van der Waals surface area (Å²) < 4.78 is 0. The normalized spacial score (nSPS) is 27.6. The summed E-state index contributed by atoms with van der Waals surface area (Å²) >= 11 is 1.82. The average molecular weight is 245 g/mol. The Kier molecular flexibility index (Phi) is 2.71. The van der Waals surface area contributed by atoms with E-state index in [1.165, 1.54) is 5.56 Å². The number of likely N-dealkylation sites (tertiary alicyclic amines) is 1. The second-order valence-corrected chi connectivity index (χ2v) is 5.84. The number of amides is 1. The van der Waals surface area contributed by atoms with Gasteiger partial charge in [0.05, 0.1) is 6.04 Å². The van der Waals surface area contributed by atoms with Crippen molar-refractivity contribution in [2.45, 2.75) is 19.0 Å². The van der Waals surface area contributed by atoms with Gasteiger partial charge in [-0.05, 0) is 5.56 Å². The van der Waals surface area contributed by atoms with Crippen LogP contribution in [0.4, 0.5) is 0 Å². The summed E-state index contributed by atoms with van der Waals surface area (Å²) in [6.45, 7) is 4.81. The number of fused-ring (bicyclic) bond motifs is 1. The van der Waals surface area contributed by atoms with E-state index in [4.69, 9.17) is 0 Å². The zero-order valence-corrected chi connectivity index (χ0v) is 10.5. The number of hydrogen-bond donors (Lipinski definition) is 0. The van der Waals surface area contributed by atoms with E-state index in [1.54, 1.807) is 0 Å². The Morgan fingerprint density at radius 2 is 2.12 bits per heavy atom. The third-order valence-electron chi connectivity index (χ3n) is 3.55. The van der Waals surface area contributed by atoms with Gasteiger partial charge in [-0.15, -0.1) is 11.8 Å². The number of benzene rings is 1. The molecule has 0 bridgehead atoms. The molecule has 2 aliphatic rings. The topological polar surface area (TPSA) is 20.3 Å². The summed E-state index contributed by atoms with van der Waals surface area (Å²) in [6, 6.07) is 10.5. The largest absolute Gasteiger partial charge is 0.330 e. The van der Waals surface area contributed by atoms with Gasteiger partial charge in [-0.3, -0.25) is 4.79 Å². The lowest BCUT2D eigenvalue weighted by atomic mass is 10.0. The molecule has 2 heterocycles. The van der Waals surface area contributed by atoms with Gasteiger partial charge in [-0.1, -0.05) is 36.9 Å². The van der Waals surface area contributed by atoms with E-state index in [2.05, 4.69) is 18.7 Å². The molecule has 3 heteroatoms. The first-order chi connectivity index (χ1) is 8.25. The molecular weight excluding hydrogens is 230 g/mol. The molecule has 1 amide bonds. The van der Waals surface area contributed by atoms with Gasteiger partial charge in [-0.2, -0.15) is 0 Å². The quantitative estimate of drug-likeness (QED) is 0.798. The van der Waals surface area contributed by atoms with Crippen LogP contribution in [0.15, 0.2) is 41.8 Å². The Balaban J connectivity index is 1.82. The first-order valence-corrected chi connectivity index (χ1v) is 6.89. The molecule has 2 saturated heterocycles. The van der Waals surface area contributed by atoms with E-state index in [0.717, 1.165) is 17.2 Å². The van der Waals surface area contributed by atoms with Crippen molar-refractivity contribution in [2.24, 2.45) is 5.92 Å². The molecule has 0 N–H and O–H groups in total. The summed E-state index contributed by atoms with van der Waals surface area (Å²) in [5, 5.41) is 0. The van der Waals surface area contributed by atoms with E-state index < -0.39 is 0 Å². The minimum absolute atomic E-state index is 0.271. The Morgan fingerprint density at radius 3 is 2.88 bits per heavy atom. The Morgan fingerprint density at radius 1 is 1.35 bits per heavy atom. The highest BCUT2D eigenvalue weighted by atomic mass is 32.2. The molecule has 0 aliphatic carbocycles.